The van der Waals surface area contributed by atoms with Gasteiger partial charge in [-0.1, -0.05) is 134 Å². The van der Waals surface area contributed by atoms with Crippen LogP contribution in [0.3, 0.4) is 0 Å². The summed E-state index contributed by atoms with van der Waals surface area (Å²) < 4.78 is 0. The fraction of sp³-hybridized carbons (Fsp3) is 0.700. The Morgan fingerprint density at radius 2 is 1.55 bits per heavy atom. The minimum Gasteiger partial charge on any atom is -0.393 e. The van der Waals surface area contributed by atoms with Gasteiger partial charge in [0.05, 0.1) is 12.2 Å². The molecule has 2 rings (SSSR count). The van der Waals surface area contributed by atoms with E-state index < -0.39 is 0 Å². The maximum atomic E-state index is 10.1. The predicted octanol–water partition coefficient (Wildman–Crippen LogP) is 10.9. The summed E-state index contributed by atoms with van der Waals surface area (Å²) in [5.74, 6) is 2.77. The van der Waals surface area contributed by atoms with Crippen LogP contribution in [0.4, 0.5) is 0 Å². The minimum absolute atomic E-state index is 0.0682. The largest absolute Gasteiger partial charge is 0.393 e. The van der Waals surface area contributed by atoms with Crippen LogP contribution < -0.4 is 0 Å². The third-order valence-electron chi connectivity index (χ3n) is 9.79. The summed E-state index contributed by atoms with van der Waals surface area (Å²) in [5, 5.41) is 20.2. The second-order valence-corrected chi connectivity index (χ2v) is 15.6. The lowest BCUT2D eigenvalue weighted by molar-refractivity contribution is 0.116. The van der Waals surface area contributed by atoms with Crippen LogP contribution in [0.2, 0.25) is 0 Å². The van der Waals surface area contributed by atoms with Gasteiger partial charge in [0, 0.05) is 5.92 Å². The SMILES string of the molecule is CC1=C[C@H](O)CC(C)(C)[C@H]1/C=C/C(C)C/C=C/C(C)/C=C/CCC(C)CCCC(C)/C=C/C1=C(C)C[C@H](O)CC1(C)C. The Bertz CT molecular complexity index is 1000. The van der Waals surface area contributed by atoms with Crippen molar-refractivity contribution in [3.8, 4) is 0 Å². The first kappa shape index (κ1) is 36.6. The van der Waals surface area contributed by atoms with Gasteiger partial charge in [-0.15, -0.1) is 0 Å². The van der Waals surface area contributed by atoms with Crippen LogP contribution in [0.15, 0.2) is 71.4 Å². The van der Waals surface area contributed by atoms with Gasteiger partial charge in [0.15, 0.2) is 0 Å². The quantitative estimate of drug-likeness (QED) is 0.190. The highest BCUT2D eigenvalue weighted by atomic mass is 16.3. The number of allylic oxidation sites excluding steroid dienone is 10. The van der Waals surface area contributed by atoms with E-state index in [0.717, 1.165) is 31.6 Å². The van der Waals surface area contributed by atoms with Gasteiger partial charge < -0.3 is 10.2 Å². The van der Waals surface area contributed by atoms with Crippen molar-refractivity contribution in [2.75, 3.05) is 0 Å². The van der Waals surface area contributed by atoms with E-state index in [-0.39, 0.29) is 23.0 Å². The molecule has 0 radical (unpaired) electrons. The van der Waals surface area contributed by atoms with Crippen LogP contribution in [-0.4, -0.2) is 22.4 Å². The molecule has 0 spiro atoms. The lowest BCUT2D eigenvalue weighted by atomic mass is 9.67. The number of rotatable bonds is 15. The maximum absolute atomic E-state index is 10.1. The van der Waals surface area contributed by atoms with Gasteiger partial charge in [0.1, 0.15) is 0 Å². The summed E-state index contributed by atoms with van der Waals surface area (Å²) in [7, 11) is 0. The van der Waals surface area contributed by atoms with E-state index in [0.29, 0.717) is 23.7 Å². The fourth-order valence-corrected chi connectivity index (χ4v) is 7.27. The molecule has 0 heterocycles. The van der Waals surface area contributed by atoms with E-state index in [4.69, 9.17) is 0 Å². The van der Waals surface area contributed by atoms with E-state index in [9.17, 15) is 10.2 Å². The molecule has 0 bridgehead atoms. The van der Waals surface area contributed by atoms with Gasteiger partial charge in [0.25, 0.3) is 0 Å². The molecule has 0 aliphatic heterocycles. The Morgan fingerprint density at radius 3 is 2.21 bits per heavy atom. The molecule has 0 amide bonds. The topological polar surface area (TPSA) is 40.5 Å². The molecule has 2 aliphatic rings. The molecule has 0 aromatic rings. The monoisotopic (exact) mass is 579 g/mol. The Balaban J connectivity index is 1.64. The molecule has 0 saturated heterocycles. The van der Waals surface area contributed by atoms with Crippen molar-refractivity contribution in [2.24, 2.45) is 40.4 Å². The second-order valence-electron chi connectivity index (χ2n) is 15.6. The molecular weight excluding hydrogens is 512 g/mol. The van der Waals surface area contributed by atoms with E-state index in [1.54, 1.807) is 0 Å². The molecule has 0 aromatic heterocycles. The molecule has 42 heavy (non-hydrogen) atoms. The van der Waals surface area contributed by atoms with Crippen LogP contribution in [-0.2, 0) is 0 Å². The van der Waals surface area contributed by atoms with Crippen LogP contribution in [0.25, 0.3) is 0 Å². The summed E-state index contributed by atoms with van der Waals surface area (Å²) >= 11 is 0. The Morgan fingerprint density at radius 1 is 0.857 bits per heavy atom. The average Bonchev–Trinajstić information content (AvgIpc) is 2.84. The fourth-order valence-electron chi connectivity index (χ4n) is 7.27. The lowest BCUT2D eigenvalue weighted by Gasteiger charge is -2.38. The zero-order valence-corrected chi connectivity index (χ0v) is 29.0. The molecule has 2 heteroatoms. The number of hydrogen-bond donors (Lipinski definition) is 2. The van der Waals surface area contributed by atoms with Crippen LogP contribution in [0.1, 0.15) is 127 Å². The highest BCUT2D eigenvalue weighted by molar-refractivity contribution is 5.33. The number of aliphatic hydroxyl groups excluding tert-OH is 2. The number of hydrogen-bond acceptors (Lipinski definition) is 2. The third kappa shape index (κ3) is 12.5. The summed E-state index contributed by atoms with van der Waals surface area (Å²) in [6, 6.07) is 0. The third-order valence-corrected chi connectivity index (χ3v) is 9.79. The van der Waals surface area contributed by atoms with Crippen molar-refractivity contribution in [3.05, 3.63) is 71.4 Å². The maximum Gasteiger partial charge on any atom is 0.0729 e. The molecule has 2 aliphatic carbocycles. The zero-order valence-electron chi connectivity index (χ0n) is 29.0. The predicted molar refractivity (Wildman–Crippen MR) is 184 cm³/mol. The molecular formula is C40H66O2. The van der Waals surface area contributed by atoms with Crippen molar-refractivity contribution in [2.45, 2.75) is 139 Å². The lowest BCUT2D eigenvalue weighted by Crippen LogP contribution is -2.32. The zero-order chi connectivity index (χ0) is 31.5. The minimum atomic E-state index is -0.302. The van der Waals surface area contributed by atoms with Gasteiger partial charge in [-0.3, -0.25) is 0 Å². The van der Waals surface area contributed by atoms with E-state index in [1.165, 1.54) is 48.8 Å². The highest BCUT2D eigenvalue weighted by Crippen LogP contribution is 2.42. The van der Waals surface area contributed by atoms with Crippen LogP contribution in [0.5, 0.6) is 0 Å². The van der Waals surface area contributed by atoms with E-state index >= 15 is 0 Å². The molecule has 0 aromatic carbocycles. The summed E-state index contributed by atoms with van der Waals surface area (Å²) in [6.45, 7) is 22.7. The smallest absolute Gasteiger partial charge is 0.0729 e. The molecule has 2 nitrogen and oxygen atoms in total. The first-order valence-electron chi connectivity index (χ1n) is 17.0. The summed E-state index contributed by atoms with van der Waals surface area (Å²) in [5.41, 5.74) is 4.25. The van der Waals surface area contributed by atoms with E-state index in [1.807, 2.05) is 6.08 Å². The average molecular weight is 579 g/mol. The first-order chi connectivity index (χ1) is 19.6. The van der Waals surface area contributed by atoms with Crippen molar-refractivity contribution in [1.82, 2.24) is 0 Å². The van der Waals surface area contributed by atoms with Gasteiger partial charge >= 0.3 is 0 Å². The Hall–Kier alpha value is -1.64. The van der Waals surface area contributed by atoms with Gasteiger partial charge in [-0.25, -0.2) is 0 Å². The van der Waals surface area contributed by atoms with Crippen molar-refractivity contribution in [3.63, 3.8) is 0 Å². The second kappa shape index (κ2) is 17.0. The molecule has 7 atom stereocenters. The standard InChI is InChI=1S/C40H66O2/c1-29(17-13-19-31(3)21-23-37-33(5)25-35(41)27-39(37,7)8)15-11-12-16-30(2)18-14-20-32(4)22-24-38-34(6)26-36(42)28-40(38,9)10/h11,13,15,17,21-25,29-32,35-37,41-42H,12,14,16,18-20,26-28H2,1-10H3/b15-11+,17-13+,23-21+,24-22+/t29?,30?,31?,32?,35-,36-,37-/m0/s1. The molecule has 4 unspecified atom stereocenters. The summed E-state index contributed by atoms with van der Waals surface area (Å²) in [6.07, 6.45) is 30.3. The van der Waals surface area contributed by atoms with Gasteiger partial charge in [0.2, 0.25) is 0 Å². The summed E-state index contributed by atoms with van der Waals surface area (Å²) in [4.78, 5) is 0. The molecule has 2 N–H and O–H groups in total. The van der Waals surface area contributed by atoms with Crippen molar-refractivity contribution in [1.29, 1.82) is 0 Å². The molecule has 0 saturated carbocycles. The normalized spacial score (nSPS) is 27.7. The molecule has 0 fully saturated rings. The van der Waals surface area contributed by atoms with Crippen LogP contribution >= 0.6 is 0 Å². The first-order valence-corrected chi connectivity index (χ1v) is 17.0. The molecule has 238 valence electrons. The van der Waals surface area contributed by atoms with E-state index in [2.05, 4.69) is 118 Å². The Kier molecular flexibility index (Phi) is 14.8. The highest BCUT2D eigenvalue weighted by Gasteiger charge is 2.34. The number of aliphatic hydroxyl groups is 2. The van der Waals surface area contributed by atoms with Crippen molar-refractivity contribution < 1.29 is 10.2 Å². The van der Waals surface area contributed by atoms with Gasteiger partial charge in [-0.2, -0.15) is 0 Å². The van der Waals surface area contributed by atoms with Gasteiger partial charge in [-0.05, 0) is 98.9 Å². The van der Waals surface area contributed by atoms with Crippen LogP contribution in [0, 0.1) is 40.4 Å². The van der Waals surface area contributed by atoms with Crippen molar-refractivity contribution >= 4 is 0 Å². The Labute approximate surface area is 260 Å².